The third-order valence-electron chi connectivity index (χ3n) is 5.22. The molecule has 0 aliphatic carbocycles. The predicted molar refractivity (Wildman–Crippen MR) is 124 cm³/mol. The van der Waals surface area contributed by atoms with E-state index in [1.165, 1.54) is 41.1 Å². The maximum absolute atomic E-state index is 13.3. The fraction of sp³-hybridized carbons (Fsp3) is 0.0870. The van der Waals surface area contributed by atoms with Crippen molar-refractivity contribution in [2.45, 2.75) is 12.7 Å². The van der Waals surface area contributed by atoms with E-state index in [2.05, 4.69) is 20.4 Å². The van der Waals surface area contributed by atoms with Crippen LogP contribution in [0.25, 0.3) is 27.0 Å². The number of anilines is 1. The molecule has 1 amide bonds. The highest BCUT2D eigenvalue weighted by Crippen LogP contribution is 2.33. The number of rotatable bonds is 5. The van der Waals surface area contributed by atoms with Crippen molar-refractivity contribution in [3.05, 3.63) is 88.8 Å². The summed E-state index contributed by atoms with van der Waals surface area (Å²) < 4.78 is 42.2. The number of carbonyl (C=O) groups is 1. The highest BCUT2D eigenvalue weighted by atomic mass is 32.1. The van der Waals surface area contributed by atoms with Crippen molar-refractivity contribution in [2.24, 2.45) is 0 Å². The van der Waals surface area contributed by atoms with Crippen molar-refractivity contribution in [1.29, 1.82) is 0 Å². The molecule has 0 atom stereocenters. The molecule has 0 saturated heterocycles. The topological polar surface area (TPSA) is 94.7 Å². The van der Waals surface area contributed by atoms with E-state index in [0.29, 0.717) is 15.8 Å². The fourth-order valence-electron chi connectivity index (χ4n) is 3.60. The van der Waals surface area contributed by atoms with Gasteiger partial charge in [0, 0.05) is 10.9 Å². The maximum atomic E-state index is 13.3. The Morgan fingerprint density at radius 2 is 1.89 bits per heavy atom. The van der Waals surface area contributed by atoms with Gasteiger partial charge in [-0.1, -0.05) is 30.3 Å². The first kappa shape index (κ1) is 22.5. The van der Waals surface area contributed by atoms with Gasteiger partial charge in [0.05, 0.1) is 28.7 Å². The monoisotopic (exact) mass is 496 g/mol. The Morgan fingerprint density at radius 3 is 2.60 bits per heavy atom. The number of fused-ring (bicyclic) bond motifs is 1. The first-order valence-electron chi connectivity index (χ1n) is 10.2. The number of nitrogens with one attached hydrogen (secondary N) is 1. The van der Waals surface area contributed by atoms with Crippen LogP contribution >= 0.6 is 11.3 Å². The summed E-state index contributed by atoms with van der Waals surface area (Å²) in [5.41, 5.74) is 0.228. The average molecular weight is 496 g/mol. The molecule has 0 aliphatic rings. The van der Waals surface area contributed by atoms with Gasteiger partial charge in [0.25, 0.3) is 5.56 Å². The van der Waals surface area contributed by atoms with Crippen LogP contribution in [0.5, 0.6) is 0 Å². The zero-order chi connectivity index (χ0) is 24.6. The largest absolute Gasteiger partial charge is 0.416 e. The Hall–Kier alpha value is -4.32. The molecule has 12 heteroatoms. The van der Waals surface area contributed by atoms with E-state index in [4.69, 9.17) is 0 Å². The second kappa shape index (κ2) is 8.80. The summed E-state index contributed by atoms with van der Waals surface area (Å²) in [6, 6.07) is 12.2. The van der Waals surface area contributed by atoms with Crippen molar-refractivity contribution in [1.82, 2.24) is 24.3 Å². The van der Waals surface area contributed by atoms with Gasteiger partial charge < -0.3 is 5.32 Å². The quantitative estimate of drug-likeness (QED) is 0.390. The van der Waals surface area contributed by atoms with E-state index in [-0.39, 0.29) is 11.4 Å². The molecule has 5 aromatic rings. The number of amides is 1. The lowest BCUT2D eigenvalue weighted by Crippen LogP contribution is -2.28. The number of thiophene rings is 1. The first-order valence-corrected chi connectivity index (χ1v) is 11.1. The lowest BCUT2D eigenvalue weighted by molar-refractivity contribution is -0.137. The van der Waals surface area contributed by atoms with Crippen LogP contribution in [0.1, 0.15) is 5.56 Å². The minimum atomic E-state index is -4.61. The summed E-state index contributed by atoms with van der Waals surface area (Å²) >= 11 is 1.31. The third kappa shape index (κ3) is 4.43. The standard InChI is InChI=1S/C23H15F3N6O2S/c24-23(25,26)15-6-7-18(32-12-27-11-29-32)17(8-15)30-19(33)9-31-13-28-21-20(22(31)34)16(10-35-21)14-4-2-1-3-5-14/h1-8,10-13H,9H2,(H,30,33). The van der Waals surface area contributed by atoms with Crippen LogP contribution in [-0.2, 0) is 17.5 Å². The average Bonchev–Trinajstić information content (AvgIpc) is 3.51. The van der Waals surface area contributed by atoms with E-state index in [1.807, 2.05) is 35.7 Å². The lowest BCUT2D eigenvalue weighted by Gasteiger charge is -2.15. The van der Waals surface area contributed by atoms with Gasteiger partial charge in [-0.05, 0) is 23.8 Å². The van der Waals surface area contributed by atoms with Crippen molar-refractivity contribution < 1.29 is 18.0 Å². The summed E-state index contributed by atoms with van der Waals surface area (Å²) in [4.78, 5) is 34.6. The molecule has 0 aliphatic heterocycles. The van der Waals surface area contributed by atoms with Crippen molar-refractivity contribution >= 4 is 33.1 Å². The van der Waals surface area contributed by atoms with Gasteiger partial charge in [-0.25, -0.2) is 14.6 Å². The molecule has 176 valence electrons. The van der Waals surface area contributed by atoms with E-state index in [1.54, 1.807) is 0 Å². The number of carbonyl (C=O) groups excluding carboxylic acids is 1. The van der Waals surface area contributed by atoms with Crippen LogP contribution in [0, 0.1) is 0 Å². The Labute approximate surface area is 199 Å². The molecule has 0 bridgehead atoms. The van der Waals surface area contributed by atoms with Crippen LogP contribution in [-0.4, -0.2) is 30.2 Å². The molecule has 0 spiro atoms. The molecule has 0 saturated carbocycles. The molecule has 8 nitrogen and oxygen atoms in total. The summed E-state index contributed by atoms with van der Waals surface area (Å²) in [7, 11) is 0. The number of alkyl halides is 3. The number of hydrogen-bond acceptors (Lipinski definition) is 6. The first-order chi connectivity index (χ1) is 16.8. The van der Waals surface area contributed by atoms with Crippen LogP contribution in [0.3, 0.4) is 0 Å². The van der Waals surface area contributed by atoms with Crippen molar-refractivity contribution in [3.63, 3.8) is 0 Å². The number of aromatic nitrogens is 5. The molecule has 0 radical (unpaired) electrons. The second-order valence-electron chi connectivity index (χ2n) is 7.49. The molecule has 5 rings (SSSR count). The number of nitrogens with zero attached hydrogens (tertiary/aromatic N) is 5. The molecule has 0 fully saturated rings. The minimum Gasteiger partial charge on any atom is -0.323 e. The SMILES string of the molecule is O=C(Cn1cnc2scc(-c3ccccc3)c2c1=O)Nc1cc(C(F)(F)F)ccc1-n1cncn1. The smallest absolute Gasteiger partial charge is 0.323 e. The molecule has 3 aromatic heterocycles. The molecule has 35 heavy (non-hydrogen) atoms. The minimum absolute atomic E-state index is 0.127. The molecule has 1 N–H and O–H groups in total. The zero-order valence-corrected chi connectivity index (χ0v) is 18.5. The van der Waals surface area contributed by atoms with Gasteiger partial charge in [-0.15, -0.1) is 11.3 Å². The zero-order valence-electron chi connectivity index (χ0n) is 17.7. The normalized spacial score (nSPS) is 11.6. The fourth-order valence-corrected chi connectivity index (χ4v) is 4.51. The van der Waals surface area contributed by atoms with E-state index < -0.39 is 29.8 Å². The van der Waals surface area contributed by atoms with Crippen molar-refractivity contribution in [3.8, 4) is 16.8 Å². The van der Waals surface area contributed by atoms with Gasteiger partial charge in [-0.2, -0.15) is 18.3 Å². The third-order valence-corrected chi connectivity index (χ3v) is 6.11. The van der Waals surface area contributed by atoms with Gasteiger partial charge in [-0.3, -0.25) is 14.2 Å². The van der Waals surface area contributed by atoms with Crippen LogP contribution < -0.4 is 10.9 Å². The molecule has 0 unspecified atom stereocenters. The van der Waals surface area contributed by atoms with E-state index >= 15 is 0 Å². The number of halogens is 3. The summed E-state index contributed by atoms with van der Waals surface area (Å²) in [6.45, 7) is -0.446. The Balaban J connectivity index is 1.48. The molecular formula is C23H15F3N6O2S. The Bertz CT molecular complexity index is 1580. The Morgan fingerprint density at radius 1 is 1.09 bits per heavy atom. The maximum Gasteiger partial charge on any atom is 0.416 e. The van der Waals surface area contributed by atoms with E-state index in [0.717, 1.165) is 22.3 Å². The van der Waals surface area contributed by atoms with Crippen LogP contribution in [0.4, 0.5) is 18.9 Å². The highest BCUT2D eigenvalue weighted by Gasteiger charge is 2.31. The van der Waals surface area contributed by atoms with Gasteiger partial charge >= 0.3 is 6.18 Å². The summed E-state index contributed by atoms with van der Waals surface area (Å²) in [5, 5.41) is 8.58. The molecule has 2 aromatic carbocycles. The van der Waals surface area contributed by atoms with Gasteiger partial charge in [0.15, 0.2) is 0 Å². The molecular weight excluding hydrogens is 481 g/mol. The number of hydrogen-bond donors (Lipinski definition) is 1. The molecule has 3 heterocycles. The van der Waals surface area contributed by atoms with Gasteiger partial charge in [0.1, 0.15) is 24.0 Å². The lowest BCUT2D eigenvalue weighted by atomic mass is 10.1. The van der Waals surface area contributed by atoms with Gasteiger partial charge in [0.2, 0.25) is 5.91 Å². The summed E-state index contributed by atoms with van der Waals surface area (Å²) in [5.74, 6) is -0.703. The van der Waals surface area contributed by atoms with Crippen molar-refractivity contribution in [2.75, 3.05) is 5.32 Å². The van der Waals surface area contributed by atoms with Crippen LogP contribution in [0.2, 0.25) is 0 Å². The number of benzene rings is 2. The van der Waals surface area contributed by atoms with E-state index in [9.17, 15) is 22.8 Å². The summed E-state index contributed by atoms with van der Waals surface area (Å²) in [6.07, 6.45) is -0.851. The van der Waals surface area contributed by atoms with Crippen LogP contribution in [0.15, 0.2) is 77.7 Å². The Kier molecular flexibility index (Phi) is 5.65. The highest BCUT2D eigenvalue weighted by molar-refractivity contribution is 7.17. The predicted octanol–water partition coefficient (Wildman–Crippen LogP) is 4.36. The second-order valence-corrected chi connectivity index (χ2v) is 8.35.